The summed E-state index contributed by atoms with van der Waals surface area (Å²) >= 11 is 11.8. The highest BCUT2D eigenvalue weighted by Gasteiger charge is 2.16. The average molecular weight is 352 g/mol. The summed E-state index contributed by atoms with van der Waals surface area (Å²) in [5, 5.41) is 4.46. The standard InChI is InChI=1S/C15H8Cl2FN3O2/c1-2-5-23-13-7-12(11(18)6-10(13)17)21-15(22)20-8-9(16)3-4-14(20)19-21/h1,3-4,6-8H,5H2. The molecule has 0 amide bonds. The van der Waals surface area contributed by atoms with Gasteiger partial charge >= 0.3 is 5.69 Å². The number of ether oxygens (including phenoxy) is 1. The van der Waals surface area contributed by atoms with Crippen molar-refractivity contribution in [3.8, 4) is 23.8 Å². The molecule has 3 rings (SSSR count). The lowest BCUT2D eigenvalue weighted by molar-refractivity contribution is 0.369. The van der Waals surface area contributed by atoms with E-state index in [2.05, 4.69) is 11.0 Å². The van der Waals surface area contributed by atoms with E-state index in [-0.39, 0.29) is 23.1 Å². The fraction of sp³-hybridized carbons (Fsp3) is 0.0667. The van der Waals surface area contributed by atoms with Gasteiger partial charge in [0.15, 0.2) is 11.5 Å². The van der Waals surface area contributed by atoms with Gasteiger partial charge in [0.2, 0.25) is 0 Å². The van der Waals surface area contributed by atoms with Gasteiger partial charge in [-0.2, -0.15) is 4.68 Å². The highest BCUT2D eigenvalue weighted by Crippen LogP contribution is 2.29. The third kappa shape index (κ3) is 2.77. The number of rotatable bonds is 3. The summed E-state index contributed by atoms with van der Waals surface area (Å²) in [7, 11) is 0. The number of hydrogen-bond donors (Lipinski definition) is 0. The highest BCUT2D eigenvalue weighted by molar-refractivity contribution is 6.32. The summed E-state index contributed by atoms with van der Waals surface area (Å²) in [5.41, 5.74) is -0.363. The van der Waals surface area contributed by atoms with Gasteiger partial charge in [-0.05, 0) is 18.2 Å². The van der Waals surface area contributed by atoms with Crippen LogP contribution in [0.15, 0.2) is 35.3 Å². The molecule has 0 unspecified atom stereocenters. The molecule has 2 heterocycles. The fourth-order valence-electron chi connectivity index (χ4n) is 2.02. The Morgan fingerprint density at radius 1 is 1.35 bits per heavy atom. The Morgan fingerprint density at radius 2 is 2.13 bits per heavy atom. The van der Waals surface area contributed by atoms with Gasteiger partial charge in [-0.3, -0.25) is 0 Å². The van der Waals surface area contributed by atoms with Crippen LogP contribution >= 0.6 is 23.2 Å². The van der Waals surface area contributed by atoms with Crippen LogP contribution in [0.1, 0.15) is 0 Å². The van der Waals surface area contributed by atoms with Crippen LogP contribution in [0.25, 0.3) is 11.3 Å². The first kappa shape index (κ1) is 15.4. The van der Waals surface area contributed by atoms with Crippen molar-refractivity contribution in [3.63, 3.8) is 0 Å². The minimum absolute atomic E-state index is 0.0412. The van der Waals surface area contributed by atoms with E-state index in [1.54, 1.807) is 12.1 Å². The molecular weight excluding hydrogens is 344 g/mol. The first-order chi connectivity index (χ1) is 11.0. The Bertz CT molecular complexity index is 1000. The summed E-state index contributed by atoms with van der Waals surface area (Å²) in [6.07, 6.45) is 6.51. The van der Waals surface area contributed by atoms with Crippen molar-refractivity contribution in [2.75, 3.05) is 6.61 Å². The normalized spacial score (nSPS) is 10.7. The second kappa shape index (κ2) is 5.95. The van der Waals surface area contributed by atoms with Crippen LogP contribution in [0.3, 0.4) is 0 Å². The fourth-order valence-corrected chi connectivity index (χ4v) is 2.38. The Labute approximate surface area is 139 Å². The number of nitrogens with zero attached hydrogens (tertiary/aromatic N) is 3. The molecule has 23 heavy (non-hydrogen) atoms. The lowest BCUT2D eigenvalue weighted by Gasteiger charge is -2.08. The molecule has 3 aromatic rings. The molecule has 0 saturated heterocycles. The number of fused-ring (bicyclic) bond motifs is 1. The van der Waals surface area contributed by atoms with Gasteiger partial charge in [0.05, 0.1) is 10.0 Å². The molecule has 0 radical (unpaired) electrons. The third-order valence-electron chi connectivity index (χ3n) is 3.02. The molecule has 2 aromatic heterocycles. The lowest BCUT2D eigenvalue weighted by Crippen LogP contribution is -2.20. The summed E-state index contributed by atoms with van der Waals surface area (Å²) in [4.78, 5) is 12.4. The number of halogens is 3. The SMILES string of the molecule is C#CCOc1cc(-n2nc3ccc(Cl)cn3c2=O)c(F)cc1Cl. The third-order valence-corrected chi connectivity index (χ3v) is 3.54. The maximum absolute atomic E-state index is 14.2. The second-order valence-electron chi connectivity index (χ2n) is 4.50. The zero-order valence-electron chi connectivity index (χ0n) is 11.5. The smallest absolute Gasteiger partial charge is 0.355 e. The number of benzene rings is 1. The summed E-state index contributed by atoms with van der Waals surface area (Å²) in [5.74, 6) is 1.71. The van der Waals surface area contributed by atoms with E-state index < -0.39 is 11.5 Å². The van der Waals surface area contributed by atoms with Gasteiger partial charge in [0.25, 0.3) is 0 Å². The van der Waals surface area contributed by atoms with Crippen molar-refractivity contribution in [1.29, 1.82) is 0 Å². The van der Waals surface area contributed by atoms with Crippen LogP contribution < -0.4 is 10.4 Å². The maximum atomic E-state index is 14.2. The van der Waals surface area contributed by atoms with Crippen molar-refractivity contribution >= 4 is 28.8 Å². The first-order valence-corrected chi connectivity index (χ1v) is 7.09. The molecular formula is C15H8Cl2FN3O2. The van der Waals surface area contributed by atoms with E-state index in [0.717, 1.165) is 10.7 Å². The molecule has 0 spiro atoms. The van der Waals surface area contributed by atoms with E-state index in [9.17, 15) is 9.18 Å². The molecule has 8 heteroatoms. The monoisotopic (exact) mass is 351 g/mol. The van der Waals surface area contributed by atoms with Crippen LogP contribution in [-0.2, 0) is 0 Å². The van der Waals surface area contributed by atoms with Crippen molar-refractivity contribution in [2.24, 2.45) is 0 Å². The van der Waals surface area contributed by atoms with E-state index in [0.29, 0.717) is 10.7 Å². The van der Waals surface area contributed by atoms with Crippen LogP contribution in [-0.4, -0.2) is 20.8 Å². The average Bonchev–Trinajstić information content (AvgIpc) is 2.83. The summed E-state index contributed by atoms with van der Waals surface area (Å²) < 4.78 is 21.6. The van der Waals surface area contributed by atoms with Gasteiger partial charge in [-0.15, -0.1) is 11.5 Å². The predicted octanol–water partition coefficient (Wildman–Crippen LogP) is 2.94. The van der Waals surface area contributed by atoms with Crippen LogP contribution in [0.4, 0.5) is 4.39 Å². The Balaban J connectivity index is 2.20. The molecule has 1 aromatic carbocycles. The van der Waals surface area contributed by atoms with Gasteiger partial charge < -0.3 is 4.74 Å². The zero-order valence-corrected chi connectivity index (χ0v) is 13.0. The van der Waals surface area contributed by atoms with Crippen molar-refractivity contribution in [3.05, 3.63) is 56.8 Å². The minimum atomic E-state index is -0.723. The molecule has 0 bridgehead atoms. The number of aromatic nitrogens is 3. The quantitative estimate of drug-likeness (QED) is 0.681. The molecule has 0 fully saturated rings. The maximum Gasteiger partial charge on any atom is 0.355 e. The molecule has 5 nitrogen and oxygen atoms in total. The van der Waals surface area contributed by atoms with Gasteiger partial charge in [0, 0.05) is 12.3 Å². The number of terminal acetylenes is 1. The molecule has 0 aliphatic rings. The summed E-state index contributed by atoms with van der Waals surface area (Å²) in [6, 6.07) is 5.42. The predicted molar refractivity (Wildman–Crippen MR) is 85.1 cm³/mol. The van der Waals surface area contributed by atoms with E-state index in [1.807, 2.05) is 0 Å². The van der Waals surface area contributed by atoms with Crippen molar-refractivity contribution < 1.29 is 9.13 Å². The summed E-state index contributed by atoms with van der Waals surface area (Å²) in [6.45, 7) is -0.0412. The highest BCUT2D eigenvalue weighted by atomic mass is 35.5. The minimum Gasteiger partial charge on any atom is -0.479 e. The van der Waals surface area contributed by atoms with Gasteiger partial charge in [-0.1, -0.05) is 29.1 Å². The van der Waals surface area contributed by atoms with Crippen molar-refractivity contribution in [2.45, 2.75) is 0 Å². The Kier molecular flexibility index (Phi) is 3.99. The van der Waals surface area contributed by atoms with E-state index in [1.165, 1.54) is 16.7 Å². The van der Waals surface area contributed by atoms with Crippen LogP contribution in [0.5, 0.6) is 5.75 Å². The number of pyridine rings is 1. The van der Waals surface area contributed by atoms with Gasteiger partial charge in [-0.25, -0.2) is 13.6 Å². The molecule has 0 aliphatic heterocycles. The van der Waals surface area contributed by atoms with E-state index >= 15 is 0 Å². The Hall–Kier alpha value is -2.49. The largest absolute Gasteiger partial charge is 0.479 e. The lowest BCUT2D eigenvalue weighted by atomic mass is 10.3. The van der Waals surface area contributed by atoms with Crippen LogP contribution in [0.2, 0.25) is 10.0 Å². The topological polar surface area (TPSA) is 48.5 Å². The molecule has 0 saturated carbocycles. The first-order valence-electron chi connectivity index (χ1n) is 6.34. The Morgan fingerprint density at radius 3 is 2.87 bits per heavy atom. The number of hydrogen-bond acceptors (Lipinski definition) is 3. The van der Waals surface area contributed by atoms with Gasteiger partial charge in [0.1, 0.15) is 18.0 Å². The molecule has 0 N–H and O–H groups in total. The van der Waals surface area contributed by atoms with E-state index in [4.69, 9.17) is 34.4 Å². The molecule has 0 atom stereocenters. The second-order valence-corrected chi connectivity index (χ2v) is 5.34. The molecule has 116 valence electrons. The van der Waals surface area contributed by atoms with Crippen LogP contribution in [0, 0.1) is 18.2 Å². The zero-order chi connectivity index (χ0) is 16.6. The molecule has 0 aliphatic carbocycles. The van der Waals surface area contributed by atoms with Crippen molar-refractivity contribution in [1.82, 2.24) is 14.2 Å².